The fourth-order valence-electron chi connectivity index (χ4n) is 4.12. The fraction of sp³-hybridized carbons (Fsp3) is 0.320. The Balaban J connectivity index is 1.59. The topological polar surface area (TPSA) is 72.8 Å². The van der Waals surface area contributed by atoms with Gasteiger partial charge in [0.25, 0.3) is 0 Å². The predicted molar refractivity (Wildman–Crippen MR) is 125 cm³/mol. The molecule has 0 saturated heterocycles. The van der Waals surface area contributed by atoms with Gasteiger partial charge < -0.3 is 24.6 Å². The minimum atomic E-state index is -0.136. The molecule has 0 radical (unpaired) electrons. The van der Waals surface area contributed by atoms with E-state index in [1.54, 1.807) is 20.3 Å². The van der Waals surface area contributed by atoms with Crippen LogP contribution in [0.3, 0.4) is 0 Å². The van der Waals surface area contributed by atoms with Gasteiger partial charge in [0, 0.05) is 18.7 Å². The van der Waals surface area contributed by atoms with Gasteiger partial charge in [0.1, 0.15) is 16.9 Å². The van der Waals surface area contributed by atoms with Crippen LogP contribution in [0.2, 0.25) is 5.02 Å². The van der Waals surface area contributed by atoms with Gasteiger partial charge in [-0.15, -0.1) is 0 Å². The number of methoxy groups -OCH3 is 2. The summed E-state index contributed by atoms with van der Waals surface area (Å²) in [5, 5.41) is 12.5. The summed E-state index contributed by atoms with van der Waals surface area (Å²) in [6.07, 6.45) is 1.62. The smallest absolute Gasteiger partial charge is 0.236 e. The molecular formula is C25H27ClN2O4. The molecule has 1 aliphatic rings. The van der Waals surface area contributed by atoms with Crippen LogP contribution in [0.15, 0.2) is 48.5 Å². The van der Waals surface area contributed by atoms with Gasteiger partial charge in [-0.1, -0.05) is 41.9 Å². The summed E-state index contributed by atoms with van der Waals surface area (Å²) in [6, 6.07) is 16.2. The van der Waals surface area contributed by atoms with Crippen LogP contribution in [0, 0.1) is 0 Å². The van der Waals surface area contributed by atoms with Gasteiger partial charge in [-0.05, 0) is 53.3 Å². The number of hydrogen-bond donors (Lipinski definition) is 2. The lowest BCUT2D eigenvalue weighted by atomic mass is 9.96. The number of aliphatic hydroxyl groups excluding tert-OH is 1. The van der Waals surface area contributed by atoms with Gasteiger partial charge in [0.05, 0.1) is 20.8 Å². The van der Waals surface area contributed by atoms with Crippen molar-refractivity contribution in [3.63, 3.8) is 0 Å². The van der Waals surface area contributed by atoms with Crippen LogP contribution in [0.1, 0.15) is 29.2 Å². The number of aliphatic hydroxyl groups is 1. The second kappa shape index (κ2) is 10.2. The summed E-state index contributed by atoms with van der Waals surface area (Å²) in [5.41, 5.74) is 5.55. The Kier molecular flexibility index (Phi) is 7.15. The van der Waals surface area contributed by atoms with Crippen molar-refractivity contribution in [1.82, 2.24) is 10.3 Å². The highest BCUT2D eigenvalue weighted by Gasteiger charge is 2.28. The van der Waals surface area contributed by atoms with Crippen molar-refractivity contribution in [2.45, 2.75) is 25.5 Å². The molecule has 7 heteroatoms. The average molecular weight is 455 g/mol. The maximum absolute atomic E-state index is 8.97. The van der Waals surface area contributed by atoms with E-state index in [1.807, 2.05) is 12.1 Å². The van der Waals surface area contributed by atoms with Crippen molar-refractivity contribution < 1.29 is 19.3 Å². The minimum absolute atomic E-state index is 0.0590. The van der Waals surface area contributed by atoms with Crippen molar-refractivity contribution in [1.29, 1.82) is 0 Å². The lowest BCUT2D eigenvalue weighted by Gasteiger charge is -2.18. The molecule has 4 rings (SSSR count). The lowest BCUT2D eigenvalue weighted by Crippen LogP contribution is -2.18. The molecule has 0 amide bonds. The van der Waals surface area contributed by atoms with Crippen molar-refractivity contribution in [3.8, 4) is 28.6 Å². The van der Waals surface area contributed by atoms with Crippen molar-refractivity contribution >= 4 is 11.6 Å². The molecule has 1 atom stereocenters. The molecule has 2 aromatic carbocycles. The highest BCUT2D eigenvalue weighted by atomic mass is 35.5. The molecule has 1 heterocycles. The molecule has 0 fully saturated rings. The number of hydrogen-bond acceptors (Lipinski definition) is 6. The normalized spacial score (nSPS) is 14.8. The van der Waals surface area contributed by atoms with Gasteiger partial charge in [0.2, 0.25) is 11.8 Å². The van der Waals surface area contributed by atoms with E-state index < -0.39 is 0 Å². The number of pyridine rings is 1. The molecule has 0 aliphatic heterocycles. The fourth-order valence-corrected chi connectivity index (χ4v) is 4.34. The quantitative estimate of drug-likeness (QED) is 0.461. The third kappa shape index (κ3) is 4.67. The van der Waals surface area contributed by atoms with Gasteiger partial charge in [-0.2, -0.15) is 4.98 Å². The standard InChI is InChI=1S/C25H27ClN2O4/c1-30-18-6-3-5-16(13-18)19-7-4-8-21-20(19)9-10-23(21)32-25-22(26)14-17(15-27-11-12-29)24(28-25)31-2/h3-8,13-14,23,27,29H,9-12,15H2,1-2H3/t23-/m0/s1. The van der Waals surface area contributed by atoms with E-state index in [-0.39, 0.29) is 12.7 Å². The predicted octanol–water partition coefficient (Wildman–Crippen LogP) is 4.57. The molecule has 0 saturated carbocycles. The van der Waals surface area contributed by atoms with E-state index in [0.29, 0.717) is 29.9 Å². The summed E-state index contributed by atoms with van der Waals surface area (Å²) >= 11 is 6.50. The second-order valence-corrected chi connectivity index (χ2v) is 8.00. The summed E-state index contributed by atoms with van der Waals surface area (Å²) in [7, 11) is 3.25. The zero-order chi connectivity index (χ0) is 22.5. The third-order valence-electron chi connectivity index (χ3n) is 5.63. The van der Waals surface area contributed by atoms with Crippen LogP contribution < -0.4 is 19.5 Å². The lowest BCUT2D eigenvalue weighted by molar-refractivity contribution is 0.196. The van der Waals surface area contributed by atoms with E-state index >= 15 is 0 Å². The molecule has 0 spiro atoms. The van der Waals surface area contributed by atoms with E-state index in [0.717, 1.165) is 35.3 Å². The first kappa shape index (κ1) is 22.4. The molecule has 6 nitrogen and oxygen atoms in total. The first-order chi connectivity index (χ1) is 15.6. The Morgan fingerprint density at radius 2 is 1.94 bits per heavy atom. The Morgan fingerprint density at radius 3 is 2.72 bits per heavy atom. The molecule has 1 aromatic heterocycles. The van der Waals surface area contributed by atoms with Crippen molar-refractivity contribution in [3.05, 3.63) is 70.2 Å². The van der Waals surface area contributed by atoms with Gasteiger partial charge in [-0.3, -0.25) is 0 Å². The van der Waals surface area contributed by atoms with Crippen LogP contribution in [0.5, 0.6) is 17.5 Å². The molecule has 0 unspecified atom stereocenters. The van der Waals surface area contributed by atoms with E-state index in [2.05, 4.69) is 40.6 Å². The van der Waals surface area contributed by atoms with Crippen LogP contribution >= 0.6 is 11.6 Å². The van der Waals surface area contributed by atoms with E-state index in [4.69, 9.17) is 30.9 Å². The van der Waals surface area contributed by atoms with Crippen LogP contribution in [0.25, 0.3) is 11.1 Å². The first-order valence-corrected chi connectivity index (χ1v) is 11.0. The number of ether oxygens (including phenoxy) is 3. The van der Waals surface area contributed by atoms with Crippen LogP contribution in [-0.4, -0.2) is 37.5 Å². The van der Waals surface area contributed by atoms with Crippen LogP contribution in [0.4, 0.5) is 0 Å². The summed E-state index contributed by atoms with van der Waals surface area (Å²) in [4.78, 5) is 4.51. The summed E-state index contributed by atoms with van der Waals surface area (Å²) in [6.45, 7) is 1.03. The highest BCUT2D eigenvalue weighted by Crippen LogP contribution is 2.42. The highest BCUT2D eigenvalue weighted by molar-refractivity contribution is 6.31. The number of rotatable bonds is 9. The van der Waals surface area contributed by atoms with Crippen molar-refractivity contribution in [2.75, 3.05) is 27.4 Å². The largest absolute Gasteiger partial charge is 0.497 e. The molecule has 2 N–H and O–H groups in total. The SMILES string of the molecule is COc1cccc(-c2cccc3c2CC[C@@H]3Oc2nc(OC)c(CNCCO)cc2Cl)c1. The molecule has 0 bridgehead atoms. The molecule has 32 heavy (non-hydrogen) atoms. The Morgan fingerprint density at radius 1 is 1.09 bits per heavy atom. The summed E-state index contributed by atoms with van der Waals surface area (Å²) < 4.78 is 17.1. The molecule has 3 aromatic rings. The van der Waals surface area contributed by atoms with E-state index in [9.17, 15) is 0 Å². The second-order valence-electron chi connectivity index (χ2n) is 7.59. The molecule has 1 aliphatic carbocycles. The van der Waals surface area contributed by atoms with Gasteiger partial charge in [0.15, 0.2) is 0 Å². The summed E-state index contributed by atoms with van der Waals surface area (Å²) in [5.74, 6) is 1.65. The zero-order valence-electron chi connectivity index (χ0n) is 18.2. The maximum Gasteiger partial charge on any atom is 0.236 e. The Bertz CT molecular complexity index is 1090. The number of benzene rings is 2. The number of nitrogens with zero attached hydrogens (tertiary/aromatic N) is 1. The Labute approximate surface area is 193 Å². The molecular weight excluding hydrogens is 428 g/mol. The molecule has 168 valence electrons. The number of nitrogens with one attached hydrogen (secondary N) is 1. The maximum atomic E-state index is 8.97. The third-order valence-corrected chi connectivity index (χ3v) is 5.90. The van der Waals surface area contributed by atoms with Crippen molar-refractivity contribution in [2.24, 2.45) is 0 Å². The first-order valence-electron chi connectivity index (χ1n) is 10.6. The number of fused-ring (bicyclic) bond motifs is 1. The minimum Gasteiger partial charge on any atom is -0.497 e. The monoisotopic (exact) mass is 454 g/mol. The van der Waals surface area contributed by atoms with Gasteiger partial charge >= 0.3 is 0 Å². The van der Waals surface area contributed by atoms with Gasteiger partial charge in [-0.25, -0.2) is 0 Å². The Hall–Kier alpha value is -2.80. The number of aromatic nitrogens is 1. The average Bonchev–Trinajstić information content (AvgIpc) is 3.23. The van der Waals surface area contributed by atoms with E-state index in [1.165, 1.54) is 11.1 Å². The van der Waals surface area contributed by atoms with Crippen LogP contribution in [-0.2, 0) is 13.0 Å². The zero-order valence-corrected chi connectivity index (χ0v) is 19.0. The number of halogens is 1.